The number of likely N-dealkylation sites (tertiary alicyclic amines) is 1. The smallest absolute Gasteiger partial charge is 0.268 e. The van der Waals surface area contributed by atoms with E-state index >= 15 is 4.79 Å². The number of aliphatic hydroxyl groups excluding tert-OH is 2. The molecule has 3 amide bonds. The summed E-state index contributed by atoms with van der Waals surface area (Å²) in [6, 6.07) is 19.9. The van der Waals surface area contributed by atoms with Crippen molar-refractivity contribution in [1.29, 1.82) is 0 Å². The lowest BCUT2D eigenvalue weighted by molar-refractivity contribution is -0.149. The number of aliphatic hydroxyl groups is 2. The number of hydrogen-bond donors (Lipinski definition) is 4. The van der Waals surface area contributed by atoms with Crippen molar-refractivity contribution in [1.82, 2.24) is 10.2 Å². The highest BCUT2D eigenvalue weighted by molar-refractivity contribution is 6.71. The van der Waals surface area contributed by atoms with E-state index < -0.39 is 37.5 Å². The molecule has 4 aliphatic rings. The van der Waals surface area contributed by atoms with Crippen LogP contribution in [0.5, 0.6) is 5.75 Å². The number of benzene rings is 3. The van der Waals surface area contributed by atoms with Gasteiger partial charge in [0.2, 0.25) is 11.8 Å². The molecule has 0 aliphatic carbocycles. The number of carbonyl (C=O) groups excluding carboxylic acids is 3. The summed E-state index contributed by atoms with van der Waals surface area (Å²) in [5.74, 6) is -0.428. The molecule has 294 valence electrons. The Morgan fingerprint density at radius 2 is 1.76 bits per heavy atom. The summed E-state index contributed by atoms with van der Waals surface area (Å²) in [7, 11) is -3.09. The summed E-state index contributed by atoms with van der Waals surface area (Å²) in [4.78, 5) is 60.6. The van der Waals surface area contributed by atoms with E-state index in [9.17, 15) is 24.6 Å². The van der Waals surface area contributed by atoms with Crippen molar-refractivity contribution in [3.05, 3.63) is 77.9 Å². The SMILES string of the molecule is CCOc1ccc2c(c1)CC(NCCCCO)C(=O)N2c1ccc2c(c1)[C@@]1(O[C@H](CC(=O)N3CCC[C@H]3CO)[C@@H]([Si](C)(C)O)[C@@H]1C)C(=O)N2c1ccccc1. The minimum absolute atomic E-state index is 0.0261. The van der Waals surface area contributed by atoms with Gasteiger partial charge >= 0.3 is 0 Å². The van der Waals surface area contributed by atoms with Crippen molar-refractivity contribution in [3.63, 3.8) is 0 Å². The van der Waals surface area contributed by atoms with Gasteiger partial charge in [-0.05, 0) is 113 Å². The molecule has 0 aromatic heterocycles. The van der Waals surface area contributed by atoms with Crippen LogP contribution < -0.4 is 19.9 Å². The second-order valence-electron chi connectivity index (χ2n) is 15.8. The maximum Gasteiger partial charge on any atom is 0.268 e. The zero-order valence-corrected chi connectivity index (χ0v) is 33.2. The van der Waals surface area contributed by atoms with Crippen LogP contribution in [0.1, 0.15) is 57.1 Å². The van der Waals surface area contributed by atoms with E-state index in [1.165, 1.54) is 0 Å². The van der Waals surface area contributed by atoms with Crippen LogP contribution in [0.2, 0.25) is 18.6 Å². The first-order chi connectivity index (χ1) is 26.4. The highest BCUT2D eigenvalue weighted by atomic mass is 28.4. The normalized spacial score (nSPS) is 26.2. The fourth-order valence-corrected chi connectivity index (χ4v) is 12.1. The fourth-order valence-electron chi connectivity index (χ4n) is 9.53. The summed E-state index contributed by atoms with van der Waals surface area (Å²) >= 11 is 0. The minimum Gasteiger partial charge on any atom is -0.494 e. The van der Waals surface area contributed by atoms with Crippen molar-refractivity contribution in [2.45, 2.75) is 94.8 Å². The zero-order valence-electron chi connectivity index (χ0n) is 32.2. The third kappa shape index (κ3) is 6.99. The number of rotatable bonds is 13. The molecule has 12 nitrogen and oxygen atoms in total. The average molecular weight is 771 g/mol. The highest BCUT2D eigenvalue weighted by Gasteiger charge is 2.67. The van der Waals surface area contributed by atoms with E-state index in [-0.39, 0.29) is 43.4 Å². The second kappa shape index (κ2) is 15.8. The summed E-state index contributed by atoms with van der Waals surface area (Å²) in [5.41, 5.74) is 2.02. The quantitative estimate of drug-likeness (QED) is 0.141. The predicted molar refractivity (Wildman–Crippen MR) is 212 cm³/mol. The van der Waals surface area contributed by atoms with Gasteiger partial charge in [-0.15, -0.1) is 0 Å². The van der Waals surface area contributed by atoms with Crippen molar-refractivity contribution in [2.24, 2.45) is 5.92 Å². The van der Waals surface area contributed by atoms with Crippen LogP contribution in [0, 0.1) is 5.92 Å². The molecule has 13 heteroatoms. The van der Waals surface area contributed by atoms with Crippen LogP contribution in [0.4, 0.5) is 22.7 Å². The van der Waals surface area contributed by atoms with Gasteiger partial charge in [0.25, 0.3) is 5.91 Å². The van der Waals surface area contributed by atoms with Gasteiger partial charge < -0.3 is 34.7 Å². The molecule has 2 saturated heterocycles. The van der Waals surface area contributed by atoms with Crippen molar-refractivity contribution >= 4 is 48.8 Å². The first-order valence-corrected chi connectivity index (χ1v) is 22.8. The first-order valence-electron chi connectivity index (χ1n) is 19.7. The molecule has 3 aromatic rings. The number of nitrogens with one attached hydrogen (secondary N) is 1. The van der Waals surface area contributed by atoms with E-state index in [1.54, 1.807) is 14.7 Å². The van der Waals surface area contributed by atoms with Crippen LogP contribution in [0.25, 0.3) is 0 Å². The molecule has 4 aliphatic heterocycles. The maximum absolute atomic E-state index is 15.2. The molecule has 4 N–H and O–H groups in total. The summed E-state index contributed by atoms with van der Waals surface area (Å²) in [6.07, 6.45) is 2.55. The molecule has 0 radical (unpaired) electrons. The van der Waals surface area contributed by atoms with Gasteiger partial charge in [-0.25, -0.2) is 0 Å². The Morgan fingerprint density at radius 3 is 2.47 bits per heavy atom. The lowest BCUT2D eigenvalue weighted by Gasteiger charge is -2.36. The van der Waals surface area contributed by atoms with Gasteiger partial charge in [0.05, 0.1) is 49.2 Å². The van der Waals surface area contributed by atoms with Gasteiger partial charge in [-0.2, -0.15) is 0 Å². The molecule has 0 saturated carbocycles. The van der Waals surface area contributed by atoms with Crippen molar-refractivity contribution in [2.75, 3.05) is 42.7 Å². The molecule has 1 unspecified atom stereocenters. The standard InChI is InChI=1S/C42H54N4O8Si/c1-5-53-32-16-18-35-28(22-32)23-34(43-19-9-10-21-47)40(50)45(35)30-15-17-36-33(24-30)42(41(51)46(36)29-12-7-6-8-13-29)27(2)39(55(3,4)52)37(54-42)25-38(49)44-20-11-14-31(44)26-48/h6-8,12-13,15-18,22,24,27,31,34,37,39,43,47-48,52H,5,9-11,14,19-21,23,25-26H2,1-4H3/t27-,31-,34?,37+,39-,42+/m0/s1. The largest absolute Gasteiger partial charge is 0.494 e. The molecule has 7 rings (SSSR count). The summed E-state index contributed by atoms with van der Waals surface area (Å²) in [5, 5.41) is 22.8. The number of fused-ring (bicyclic) bond motifs is 3. The average Bonchev–Trinajstić information content (AvgIpc) is 3.83. The number of hydrogen-bond acceptors (Lipinski definition) is 9. The molecular formula is C42H54N4O8Si. The fraction of sp³-hybridized carbons (Fsp3) is 0.500. The molecule has 2 fully saturated rings. The van der Waals surface area contributed by atoms with E-state index in [0.717, 1.165) is 24.1 Å². The summed E-state index contributed by atoms with van der Waals surface area (Å²) in [6.45, 7) is 9.10. The number of ether oxygens (including phenoxy) is 2. The van der Waals surface area contributed by atoms with Crippen LogP contribution in [-0.2, 0) is 31.1 Å². The Hall–Kier alpha value is -4.11. The monoisotopic (exact) mass is 770 g/mol. The summed E-state index contributed by atoms with van der Waals surface area (Å²) < 4.78 is 12.9. The van der Waals surface area contributed by atoms with Gasteiger partial charge in [0.1, 0.15) is 5.75 Å². The van der Waals surface area contributed by atoms with Gasteiger partial charge in [0.15, 0.2) is 13.9 Å². The van der Waals surface area contributed by atoms with Gasteiger partial charge in [0, 0.05) is 41.5 Å². The number of carbonyl (C=O) groups is 3. The van der Waals surface area contributed by atoms with Crippen LogP contribution >= 0.6 is 0 Å². The number of unbranched alkanes of at least 4 members (excludes halogenated alkanes) is 1. The lowest BCUT2D eigenvalue weighted by atomic mass is 9.82. The minimum atomic E-state index is -3.09. The first kappa shape index (κ1) is 39.1. The van der Waals surface area contributed by atoms with Crippen LogP contribution in [0.3, 0.4) is 0 Å². The lowest BCUT2D eigenvalue weighted by Crippen LogP contribution is -2.49. The Labute approximate surface area is 324 Å². The number of nitrogens with zero attached hydrogens (tertiary/aromatic N) is 3. The Balaban J connectivity index is 1.34. The van der Waals surface area contributed by atoms with Gasteiger partial charge in [-0.3, -0.25) is 24.2 Å². The number of para-hydroxylation sites is 1. The second-order valence-corrected chi connectivity index (χ2v) is 19.8. The van der Waals surface area contributed by atoms with Crippen molar-refractivity contribution < 1.29 is 38.9 Å². The van der Waals surface area contributed by atoms with Crippen LogP contribution in [0.15, 0.2) is 66.7 Å². The van der Waals surface area contributed by atoms with E-state index in [2.05, 4.69) is 5.32 Å². The van der Waals surface area contributed by atoms with E-state index in [1.807, 2.05) is 93.7 Å². The molecule has 4 heterocycles. The third-order valence-corrected chi connectivity index (χ3v) is 14.5. The molecule has 1 spiro atoms. The van der Waals surface area contributed by atoms with Crippen LogP contribution in [-0.4, -0.2) is 97.0 Å². The van der Waals surface area contributed by atoms with E-state index in [4.69, 9.17) is 9.47 Å². The van der Waals surface area contributed by atoms with E-state index in [0.29, 0.717) is 67.3 Å². The Morgan fingerprint density at radius 1 is 1.00 bits per heavy atom. The number of amides is 3. The molecular weight excluding hydrogens is 717 g/mol. The maximum atomic E-state index is 15.2. The van der Waals surface area contributed by atoms with Crippen molar-refractivity contribution in [3.8, 4) is 5.75 Å². The molecule has 3 aromatic carbocycles. The highest BCUT2D eigenvalue weighted by Crippen LogP contribution is 2.61. The molecule has 55 heavy (non-hydrogen) atoms. The zero-order chi connectivity index (χ0) is 39.1. The predicted octanol–water partition coefficient (Wildman–Crippen LogP) is 4.89. The number of anilines is 4. The Bertz CT molecular complexity index is 1910. The molecule has 6 atom stereocenters. The molecule has 0 bridgehead atoms. The topological polar surface area (TPSA) is 152 Å². The Kier molecular flexibility index (Phi) is 11.2. The van der Waals surface area contributed by atoms with Gasteiger partial charge in [-0.1, -0.05) is 25.1 Å². The third-order valence-electron chi connectivity index (χ3n) is 12.0.